The molecular formula is C16H23N3O2S. The molecule has 0 aromatic carbocycles. The predicted octanol–water partition coefficient (Wildman–Crippen LogP) is 2.48. The lowest BCUT2D eigenvalue weighted by molar-refractivity contribution is -0.0886. The Morgan fingerprint density at radius 3 is 3.05 bits per heavy atom. The number of nitrogens with one attached hydrogen (secondary N) is 1. The van der Waals surface area contributed by atoms with Gasteiger partial charge in [0.2, 0.25) is 0 Å². The highest BCUT2D eigenvalue weighted by atomic mass is 32.1. The number of carbonyl (C=O) groups excluding carboxylic acids is 1. The number of aliphatic hydroxyl groups is 1. The van der Waals surface area contributed by atoms with Crippen LogP contribution in [-0.2, 0) is 0 Å². The van der Waals surface area contributed by atoms with Crippen molar-refractivity contribution >= 4 is 22.4 Å². The molecule has 1 aliphatic heterocycles. The molecule has 2 saturated carbocycles. The fourth-order valence-corrected chi connectivity index (χ4v) is 4.52. The molecule has 6 heteroatoms. The zero-order valence-corrected chi connectivity index (χ0v) is 13.6. The topological polar surface area (TPSA) is 65.5 Å². The maximum Gasteiger partial charge on any atom is 0.273 e. The van der Waals surface area contributed by atoms with Crippen molar-refractivity contribution in [2.24, 2.45) is 5.92 Å². The maximum absolute atomic E-state index is 12.7. The smallest absolute Gasteiger partial charge is 0.273 e. The summed E-state index contributed by atoms with van der Waals surface area (Å²) in [5, 5.41) is 16.8. The normalized spacial score (nSPS) is 31.7. The lowest BCUT2D eigenvalue weighted by Gasteiger charge is -2.47. The first-order valence-corrected chi connectivity index (χ1v) is 9.26. The van der Waals surface area contributed by atoms with E-state index in [4.69, 9.17) is 0 Å². The second-order valence-electron chi connectivity index (χ2n) is 7.00. The van der Waals surface area contributed by atoms with Gasteiger partial charge in [0.25, 0.3) is 5.91 Å². The van der Waals surface area contributed by atoms with Gasteiger partial charge in [-0.15, -0.1) is 11.3 Å². The highest BCUT2D eigenvalue weighted by Crippen LogP contribution is 2.40. The van der Waals surface area contributed by atoms with Gasteiger partial charge in [0.15, 0.2) is 5.13 Å². The standard InChI is InChI=1S/C16H23N3O2S/c20-14(13-10-22-15(18-13)17-12-4-5-12)19-8-7-16(21)6-2-1-3-11(16)9-19/h10-12,21H,1-9H2,(H,17,18)/t11-,16+/m1/s1. The molecule has 2 atom stereocenters. The minimum atomic E-state index is -0.532. The van der Waals surface area contributed by atoms with E-state index in [2.05, 4.69) is 10.3 Å². The molecule has 1 amide bonds. The van der Waals surface area contributed by atoms with Crippen LogP contribution in [0.2, 0.25) is 0 Å². The van der Waals surface area contributed by atoms with Crippen LogP contribution in [0.4, 0.5) is 5.13 Å². The van der Waals surface area contributed by atoms with E-state index in [1.54, 1.807) is 0 Å². The molecule has 22 heavy (non-hydrogen) atoms. The van der Waals surface area contributed by atoms with E-state index in [1.807, 2.05) is 10.3 Å². The first-order valence-electron chi connectivity index (χ1n) is 8.38. The molecule has 120 valence electrons. The third kappa shape index (κ3) is 2.74. The summed E-state index contributed by atoms with van der Waals surface area (Å²) in [6.07, 6.45) is 7.33. The summed E-state index contributed by atoms with van der Waals surface area (Å²) in [5.41, 5.74) is 0.0184. The van der Waals surface area contributed by atoms with Gasteiger partial charge in [-0.1, -0.05) is 12.8 Å². The Morgan fingerprint density at radius 1 is 1.36 bits per heavy atom. The quantitative estimate of drug-likeness (QED) is 0.898. The average molecular weight is 321 g/mol. The van der Waals surface area contributed by atoms with Gasteiger partial charge in [0.1, 0.15) is 5.69 Å². The van der Waals surface area contributed by atoms with Gasteiger partial charge in [-0.25, -0.2) is 4.98 Å². The highest BCUT2D eigenvalue weighted by Gasteiger charge is 2.44. The average Bonchev–Trinajstić information content (AvgIpc) is 3.21. The van der Waals surface area contributed by atoms with Crippen LogP contribution in [0, 0.1) is 5.92 Å². The molecule has 0 spiro atoms. The van der Waals surface area contributed by atoms with E-state index >= 15 is 0 Å². The van der Waals surface area contributed by atoms with Crippen LogP contribution in [0.1, 0.15) is 55.4 Å². The van der Waals surface area contributed by atoms with Crippen LogP contribution < -0.4 is 5.32 Å². The number of amides is 1. The van der Waals surface area contributed by atoms with Gasteiger partial charge < -0.3 is 15.3 Å². The second-order valence-corrected chi connectivity index (χ2v) is 7.86. The summed E-state index contributed by atoms with van der Waals surface area (Å²) in [6, 6.07) is 0.557. The first kappa shape index (κ1) is 14.5. The number of piperidine rings is 1. The van der Waals surface area contributed by atoms with Crippen LogP contribution in [0.5, 0.6) is 0 Å². The molecule has 3 fully saturated rings. The number of aromatic nitrogens is 1. The number of hydrogen-bond acceptors (Lipinski definition) is 5. The zero-order valence-electron chi connectivity index (χ0n) is 12.8. The van der Waals surface area contributed by atoms with Gasteiger partial charge in [-0.3, -0.25) is 4.79 Å². The molecule has 1 aromatic heterocycles. The Bertz CT molecular complexity index is 571. The number of fused-ring (bicyclic) bond motifs is 1. The van der Waals surface area contributed by atoms with E-state index in [0.717, 1.165) is 24.4 Å². The Hall–Kier alpha value is -1.14. The molecule has 0 unspecified atom stereocenters. The van der Waals surface area contributed by atoms with Crippen molar-refractivity contribution in [3.63, 3.8) is 0 Å². The van der Waals surface area contributed by atoms with Crippen molar-refractivity contribution in [2.45, 2.75) is 56.6 Å². The largest absolute Gasteiger partial charge is 0.389 e. The molecular weight excluding hydrogens is 298 g/mol. The summed E-state index contributed by atoms with van der Waals surface area (Å²) < 4.78 is 0. The van der Waals surface area contributed by atoms with E-state index < -0.39 is 5.60 Å². The molecule has 3 aliphatic rings. The van der Waals surface area contributed by atoms with Crippen molar-refractivity contribution in [2.75, 3.05) is 18.4 Å². The lowest BCUT2D eigenvalue weighted by Crippen LogP contribution is -2.54. The van der Waals surface area contributed by atoms with Crippen molar-refractivity contribution in [1.82, 2.24) is 9.88 Å². The minimum Gasteiger partial charge on any atom is -0.389 e. The second kappa shape index (κ2) is 5.49. The number of hydrogen-bond donors (Lipinski definition) is 2. The lowest BCUT2D eigenvalue weighted by atomic mass is 9.71. The number of rotatable bonds is 3. The Morgan fingerprint density at radius 2 is 2.23 bits per heavy atom. The van der Waals surface area contributed by atoms with E-state index in [1.165, 1.54) is 30.6 Å². The molecule has 1 saturated heterocycles. The zero-order chi connectivity index (χ0) is 15.2. The Kier molecular flexibility index (Phi) is 3.61. The van der Waals surface area contributed by atoms with Crippen LogP contribution in [0.25, 0.3) is 0 Å². The van der Waals surface area contributed by atoms with Crippen molar-refractivity contribution < 1.29 is 9.90 Å². The molecule has 1 aromatic rings. The van der Waals surface area contributed by atoms with Gasteiger partial charge in [-0.05, 0) is 32.1 Å². The summed E-state index contributed by atoms with van der Waals surface area (Å²) in [5.74, 6) is 0.259. The molecule has 2 aliphatic carbocycles. The number of thiazole rings is 1. The van der Waals surface area contributed by atoms with Gasteiger partial charge >= 0.3 is 0 Å². The predicted molar refractivity (Wildman–Crippen MR) is 86.2 cm³/mol. The monoisotopic (exact) mass is 321 g/mol. The van der Waals surface area contributed by atoms with Crippen LogP contribution >= 0.6 is 11.3 Å². The Balaban J connectivity index is 1.43. The highest BCUT2D eigenvalue weighted by molar-refractivity contribution is 7.13. The summed E-state index contributed by atoms with van der Waals surface area (Å²) in [7, 11) is 0. The van der Waals surface area contributed by atoms with Crippen molar-refractivity contribution in [3.05, 3.63) is 11.1 Å². The van der Waals surface area contributed by atoms with Crippen LogP contribution in [-0.4, -0.2) is 45.6 Å². The van der Waals surface area contributed by atoms with Crippen molar-refractivity contribution in [1.29, 1.82) is 0 Å². The summed E-state index contributed by atoms with van der Waals surface area (Å²) >= 11 is 1.51. The molecule has 2 heterocycles. The number of likely N-dealkylation sites (tertiary alicyclic amines) is 1. The van der Waals surface area contributed by atoms with E-state index in [0.29, 0.717) is 31.2 Å². The minimum absolute atomic E-state index is 0.0210. The Labute approximate surface area is 134 Å². The third-order valence-corrected chi connectivity index (χ3v) is 6.12. The number of carbonyl (C=O) groups is 1. The fourth-order valence-electron chi connectivity index (χ4n) is 3.76. The van der Waals surface area contributed by atoms with E-state index in [9.17, 15) is 9.90 Å². The van der Waals surface area contributed by atoms with Crippen LogP contribution in [0.15, 0.2) is 5.38 Å². The third-order valence-electron chi connectivity index (χ3n) is 5.34. The molecule has 5 nitrogen and oxygen atoms in total. The first-order chi connectivity index (χ1) is 10.6. The van der Waals surface area contributed by atoms with Gasteiger partial charge in [0, 0.05) is 30.4 Å². The van der Waals surface area contributed by atoms with E-state index in [-0.39, 0.29) is 11.8 Å². The molecule has 4 rings (SSSR count). The fraction of sp³-hybridized carbons (Fsp3) is 0.750. The number of anilines is 1. The van der Waals surface area contributed by atoms with Crippen LogP contribution in [0.3, 0.4) is 0 Å². The number of nitrogens with zero attached hydrogens (tertiary/aromatic N) is 2. The molecule has 0 radical (unpaired) electrons. The molecule has 2 N–H and O–H groups in total. The molecule has 0 bridgehead atoms. The van der Waals surface area contributed by atoms with Gasteiger partial charge in [0.05, 0.1) is 5.60 Å². The summed E-state index contributed by atoms with van der Waals surface area (Å²) in [6.45, 7) is 1.33. The van der Waals surface area contributed by atoms with Gasteiger partial charge in [-0.2, -0.15) is 0 Å². The maximum atomic E-state index is 12.7. The summed E-state index contributed by atoms with van der Waals surface area (Å²) in [4.78, 5) is 19.0. The van der Waals surface area contributed by atoms with Crippen molar-refractivity contribution in [3.8, 4) is 0 Å². The SMILES string of the molecule is O=C(c1csc(NC2CC2)n1)N1CC[C@@]2(O)CCCC[C@@H]2C1.